The number of fused-ring (bicyclic) bond motifs is 2. The molecule has 15 heteroatoms. The highest BCUT2D eigenvalue weighted by Crippen LogP contribution is 2.24. The van der Waals surface area contributed by atoms with E-state index in [-0.39, 0.29) is 32.2 Å². The number of nitrogens with zero attached hydrogens (tertiary/aromatic N) is 2. The van der Waals surface area contributed by atoms with Gasteiger partial charge in [0.1, 0.15) is 24.2 Å². The average molecular weight is 810 g/mol. The maximum atomic E-state index is 14.3. The molecule has 2 aliphatic heterocycles. The van der Waals surface area contributed by atoms with Gasteiger partial charge >= 0.3 is 5.97 Å². The first-order valence-electron chi connectivity index (χ1n) is 20.0. The minimum atomic E-state index is -1.36. The summed E-state index contributed by atoms with van der Waals surface area (Å²) in [4.78, 5) is 73.2. The Kier molecular flexibility index (Phi) is 19.5. The van der Waals surface area contributed by atoms with Gasteiger partial charge in [-0.2, -0.15) is 0 Å². The van der Waals surface area contributed by atoms with Gasteiger partial charge in [0.15, 0.2) is 0 Å². The van der Waals surface area contributed by atoms with Gasteiger partial charge in [-0.3, -0.25) is 33.8 Å². The number of amides is 4. The summed E-state index contributed by atoms with van der Waals surface area (Å²) in [7, 11) is 2.84. The van der Waals surface area contributed by atoms with Crippen molar-refractivity contribution in [1.29, 1.82) is 0 Å². The number of hydrazine groups is 1. The monoisotopic (exact) mass is 809 g/mol. The van der Waals surface area contributed by atoms with Crippen molar-refractivity contribution in [2.75, 3.05) is 20.7 Å². The number of esters is 1. The van der Waals surface area contributed by atoms with Gasteiger partial charge in [-0.15, -0.1) is 0 Å². The molecule has 0 radical (unpaired) electrons. The minimum Gasteiger partial charge on any atom is -0.456 e. The van der Waals surface area contributed by atoms with E-state index in [4.69, 9.17) is 9.57 Å². The third-order valence-corrected chi connectivity index (χ3v) is 10.5. The Morgan fingerprint density at radius 2 is 1.78 bits per heavy atom. The number of hydroxylamine groups is 2. The number of nitrogens with one attached hydrogen (secondary N) is 3. The van der Waals surface area contributed by atoms with E-state index >= 15 is 0 Å². The predicted molar refractivity (Wildman–Crippen MR) is 218 cm³/mol. The first-order valence-corrected chi connectivity index (χ1v) is 20.0. The van der Waals surface area contributed by atoms with Crippen molar-refractivity contribution in [2.24, 2.45) is 17.8 Å². The molecule has 2 bridgehead atoms. The Hall–Kier alpha value is -4.67. The molecule has 1 aromatic rings. The number of rotatable bonds is 10. The second-order valence-corrected chi connectivity index (χ2v) is 15.4. The largest absolute Gasteiger partial charge is 0.456 e. The Morgan fingerprint density at radius 1 is 1.07 bits per heavy atom. The van der Waals surface area contributed by atoms with E-state index in [1.165, 1.54) is 37.4 Å². The molecule has 0 spiro atoms. The number of aliphatic hydroxyl groups is 3. The lowest BCUT2D eigenvalue weighted by molar-refractivity contribution is -0.162. The lowest BCUT2D eigenvalue weighted by Gasteiger charge is -2.36. The maximum Gasteiger partial charge on any atom is 0.325 e. The van der Waals surface area contributed by atoms with Crippen molar-refractivity contribution in [1.82, 2.24) is 26.1 Å². The maximum absolute atomic E-state index is 14.3. The number of likely N-dealkylation sites (N-methyl/N-ethyl adjacent to an activating group) is 1. The molecular formula is C43H63N5O10. The summed E-state index contributed by atoms with van der Waals surface area (Å²) >= 11 is 0. The molecule has 6 N–H and O–H groups in total. The molecule has 2 aliphatic rings. The second kappa shape index (κ2) is 23.7. The highest BCUT2D eigenvalue weighted by atomic mass is 16.7. The molecule has 15 nitrogen and oxygen atoms in total. The van der Waals surface area contributed by atoms with E-state index in [0.29, 0.717) is 18.4 Å². The van der Waals surface area contributed by atoms with Gasteiger partial charge in [0, 0.05) is 38.4 Å². The summed E-state index contributed by atoms with van der Waals surface area (Å²) in [5.41, 5.74) is 4.42. The van der Waals surface area contributed by atoms with Gasteiger partial charge in [0.25, 0.3) is 11.8 Å². The van der Waals surface area contributed by atoms with Crippen LogP contribution in [0.4, 0.5) is 0 Å². The number of hydrogen-bond acceptors (Lipinski definition) is 11. The van der Waals surface area contributed by atoms with Crippen molar-refractivity contribution < 1.29 is 48.9 Å². The first kappa shape index (κ1) is 47.7. The number of benzene rings is 1. The van der Waals surface area contributed by atoms with Crippen LogP contribution in [0.25, 0.3) is 0 Å². The molecule has 4 amide bonds. The summed E-state index contributed by atoms with van der Waals surface area (Å²) in [6.07, 6.45) is 8.27. The zero-order valence-corrected chi connectivity index (χ0v) is 34.7. The van der Waals surface area contributed by atoms with Gasteiger partial charge in [0.2, 0.25) is 11.8 Å². The standard InChI is InChI=1S/C43H63N5O10/c1-27(2)38-41(54)44-34(26-31-17-10-8-11-18-31)42(55)48-25-15-19-33(46-48)43(56)58-36(28(3)16-14-22-37(51)47(6)57-7)21-13-9-12-20-35(50)30(5)39(52)32(40(53)45-38)24-23-29(4)49/h8-14,16-18,20,22,27,29-30,32-36,38-39,46,49-50,52H,15,19,21,23-26H2,1-7H3,(H,44,54)(H,45,53)/b13-9+,20-12+,22-14+,28-16+/t29?,30?,32?,33?,34?,35-,36-,38?,39?/m0/s1. The number of carbonyl (C=O) groups excluding carboxylic acids is 5. The normalized spacial score (nSPS) is 29.1. The summed E-state index contributed by atoms with van der Waals surface area (Å²) in [5.74, 6) is -5.09. The summed E-state index contributed by atoms with van der Waals surface area (Å²) in [6.45, 7) is 8.68. The SMILES string of the molecule is CON(C)C(=O)/C=C/C=C(\C)[C@@H]1C/C=C/C=C/[C@H](O)C(C)C(O)C(CCC(C)O)C(=O)NC(C(C)C)C(=O)NC(Cc2ccccc2)C(=O)N2CCCC(N2)C(=O)O1. The van der Waals surface area contributed by atoms with Crippen LogP contribution in [0.3, 0.4) is 0 Å². The molecule has 0 aliphatic carbocycles. The van der Waals surface area contributed by atoms with E-state index in [1.807, 2.05) is 30.3 Å². The molecule has 7 unspecified atom stereocenters. The Labute approximate surface area is 342 Å². The van der Waals surface area contributed by atoms with E-state index < -0.39 is 89.9 Å². The average Bonchev–Trinajstić information content (AvgIpc) is 3.20. The summed E-state index contributed by atoms with van der Waals surface area (Å²) < 4.78 is 6.02. The predicted octanol–water partition coefficient (Wildman–Crippen LogP) is 2.44. The molecule has 1 fully saturated rings. The van der Waals surface area contributed by atoms with E-state index in [0.717, 1.165) is 10.6 Å². The molecule has 58 heavy (non-hydrogen) atoms. The molecule has 320 valence electrons. The molecule has 1 aromatic carbocycles. The highest BCUT2D eigenvalue weighted by Gasteiger charge is 2.38. The third kappa shape index (κ3) is 14.6. The van der Waals surface area contributed by atoms with Crippen LogP contribution < -0.4 is 16.1 Å². The molecule has 3 rings (SSSR count). The van der Waals surface area contributed by atoms with Crippen LogP contribution in [0.2, 0.25) is 0 Å². The van der Waals surface area contributed by atoms with Crippen molar-refractivity contribution in [3.63, 3.8) is 0 Å². The van der Waals surface area contributed by atoms with Crippen molar-refractivity contribution >= 4 is 29.6 Å². The molecule has 2 heterocycles. The number of allylic oxidation sites excluding steroid dienone is 4. The van der Waals surface area contributed by atoms with Crippen molar-refractivity contribution in [3.8, 4) is 0 Å². The molecule has 1 saturated heterocycles. The Bertz CT molecular complexity index is 1640. The van der Waals surface area contributed by atoms with Gasteiger partial charge < -0.3 is 30.7 Å². The van der Waals surface area contributed by atoms with Crippen LogP contribution in [0.15, 0.2) is 78.4 Å². The third-order valence-electron chi connectivity index (χ3n) is 10.5. The summed E-state index contributed by atoms with van der Waals surface area (Å²) in [5, 5.41) is 40.7. The smallest absolute Gasteiger partial charge is 0.325 e. The lowest BCUT2D eigenvalue weighted by atomic mass is 9.84. The number of aliphatic hydroxyl groups excluding tert-OH is 3. The number of hydrogen-bond donors (Lipinski definition) is 6. The number of carbonyl (C=O) groups is 5. The fraction of sp³-hybridized carbons (Fsp3) is 0.558. The minimum absolute atomic E-state index is 0.0775. The first-order chi connectivity index (χ1) is 27.5. The number of ether oxygens (including phenoxy) is 1. The van der Waals surface area contributed by atoms with Gasteiger partial charge in [-0.05, 0) is 56.6 Å². The van der Waals surface area contributed by atoms with E-state index in [9.17, 15) is 39.3 Å². The quantitative estimate of drug-likeness (QED) is 0.0876. The van der Waals surface area contributed by atoms with Crippen molar-refractivity contribution in [3.05, 3.63) is 84.0 Å². The van der Waals surface area contributed by atoms with Crippen LogP contribution in [0.5, 0.6) is 0 Å². The van der Waals surface area contributed by atoms with Crippen LogP contribution in [-0.2, 0) is 40.0 Å². The zero-order chi connectivity index (χ0) is 42.9. The fourth-order valence-electron chi connectivity index (χ4n) is 6.62. The second-order valence-electron chi connectivity index (χ2n) is 15.4. The molecule has 9 atom stereocenters. The van der Waals surface area contributed by atoms with E-state index in [2.05, 4.69) is 16.1 Å². The van der Waals surface area contributed by atoms with Crippen molar-refractivity contribution in [2.45, 2.75) is 116 Å². The van der Waals surface area contributed by atoms with Crippen LogP contribution >= 0.6 is 0 Å². The lowest BCUT2D eigenvalue weighted by Crippen LogP contribution is -2.62. The van der Waals surface area contributed by atoms with Crippen LogP contribution in [-0.4, -0.2) is 118 Å². The topological polar surface area (TPSA) is 207 Å². The zero-order valence-electron chi connectivity index (χ0n) is 34.7. The van der Waals surface area contributed by atoms with Gasteiger partial charge in [0.05, 0.1) is 31.3 Å². The molecule has 0 saturated carbocycles. The summed E-state index contributed by atoms with van der Waals surface area (Å²) in [6, 6.07) is 6.04. The highest BCUT2D eigenvalue weighted by molar-refractivity contribution is 5.93. The fourth-order valence-corrected chi connectivity index (χ4v) is 6.62. The van der Waals surface area contributed by atoms with Gasteiger partial charge in [-0.25, -0.2) is 10.5 Å². The van der Waals surface area contributed by atoms with Gasteiger partial charge in [-0.1, -0.05) is 87.6 Å². The molecule has 0 aromatic heterocycles. The van der Waals surface area contributed by atoms with E-state index in [1.54, 1.807) is 58.9 Å². The molecular weight excluding hydrogens is 746 g/mol. The number of cyclic esters (lactones) is 1. The Balaban J connectivity index is 2.06. The van der Waals surface area contributed by atoms with Crippen LogP contribution in [0.1, 0.15) is 72.3 Å². The Morgan fingerprint density at radius 3 is 2.43 bits per heavy atom. The van der Waals surface area contributed by atoms with Crippen LogP contribution in [0, 0.1) is 17.8 Å².